The van der Waals surface area contributed by atoms with Crippen LogP contribution in [0.15, 0.2) is 45.3 Å². The van der Waals surface area contributed by atoms with Gasteiger partial charge < -0.3 is 10.5 Å². The number of ether oxygens (including phenoxy) is 1. The van der Waals surface area contributed by atoms with Crippen molar-refractivity contribution in [2.24, 2.45) is 5.73 Å². The maximum atomic E-state index is 10.7. The summed E-state index contributed by atoms with van der Waals surface area (Å²) in [7, 11) is 0. The molecule has 7 heteroatoms. The molecule has 0 heterocycles. The van der Waals surface area contributed by atoms with Gasteiger partial charge in [0.05, 0.1) is 9.40 Å². The summed E-state index contributed by atoms with van der Waals surface area (Å²) in [5, 5.41) is 10.7. The van der Waals surface area contributed by atoms with Crippen LogP contribution in [-0.2, 0) is 13.2 Å². The first kappa shape index (κ1) is 15.9. The lowest BCUT2D eigenvalue weighted by Crippen LogP contribution is -2.00. The first-order valence-corrected chi connectivity index (χ1v) is 7.64. The molecule has 0 radical (unpaired) electrons. The predicted molar refractivity (Wildman–Crippen MR) is 87.2 cm³/mol. The molecule has 0 bridgehead atoms. The molecule has 0 fully saturated rings. The van der Waals surface area contributed by atoms with E-state index in [1.165, 1.54) is 12.1 Å². The number of non-ortho nitro benzene ring substituents is 1. The molecule has 0 saturated carbocycles. The van der Waals surface area contributed by atoms with E-state index in [0.717, 1.165) is 15.6 Å². The highest BCUT2D eigenvalue weighted by molar-refractivity contribution is 9.10. The number of benzene rings is 2. The lowest BCUT2D eigenvalue weighted by atomic mass is 10.2. The van der Waals surface area contributed by atoms with Crippen LogP contribution in [0.3, 0.4) is 0 Å². The van der Waals surface area contributed by atoms with Gasteiger partial charge in [-0.2, -0.15) is 0 Å². The summed E-state index contributed by atoms with van der Waals surface area (Å²) in [6, 6.07) is 10.2. The summed E-state index contributed by atoms with van der Waals surface area (Å²) >= 11 is 6.75. The molecule has 0 aromatic heterocycles. The Morgan fingerprint density at radius 1 is 1.14 bits per heavy atom. The van der Waals surface area contributed by atoms with E-state index >= 15 is 0 Å². The number of nitro benzene ring substituents is 1. The van der Waals surface area contributed by atoms with Gasteiger partial charge in [-0.1, -0.05) is 22.0 Å². The minimum absolute atomic E-state index is 0.0408. The van der Waals surface area contributed by atoms with E-state index in [9.17, 15) is 10.1 Å². The fraction of sp³-hybridized carbons (Fsp3) is 0.143. The van der Waals surface area contributed by atoms with Gasteiger partial charge in [-0.25, -0.2) is 0 Å². The summed E-state index contributed by atoms with van der Waals surface area (Å²) in [5.74, 6) is 0.692. The van der Waals surface area contributed by atoms with Gasteiger partial charge in [-0.3, -0.25) is 10.1 Å². The molecule has 0 aliphatic carbocycles. The Hall–Kier alpha value is -1.44. The van der Waals surface area contributed by atoms with Gasteiger partial charge in [0.1, 0.15) is 12.4 Å². The molecule has 2 rings (SSSR count). The zero-order valence-electron chi connectivity index (χ0n) is 10.9. The topological polar surface area (TPSA) is 78.4 Å². The lowest BCUT2D eigenvalue weighted by Gasteiger charge is -2.10. The number of nitro groups is 1. The molecular formula is C14H12Br2N2O3. The van der Waals surface area contributed by atoms with Crippen molar-refractivity contribution in [3.63, 3.8) is 0 Å². The van der Waals surface area contributed by atoms with Crippen molar-refractivity contribution < 1.29 is 9.66 Å². The number of hydrogen-bond donors (Lipinski definition) is 1. The third-order valence-corrected chi connectivity index (χ3v) is 4.22. The second kappa shape index (κ2) is 7.02. The van der Waals surface area contributed by atoms with Crippen LogP contribution in [0.25, 0.3) is 0 Å². The molecule has 0 amide bonds. The summed E-state index contributed by atoms with van der Waals surface area (Å²) in [5.41, 5.74) is 7.44. The second-order valence-electron chi connectivity index (χ2n) is 4.29. The van der Waals surface area contributed by atoms with Crippen LogP contribution < -0.4 is 10.5 Å². The van der Waals surface area contributed by atoms with Crippen molar-refractivity contribution in [2.45, 2.75) is 13.2 Å². The van der Waals surface area contributed by atoms with E-state index in [0.29, 0.717) is 23.4 Å². The van der Waals surface area contributed by atoms with Gasteiger partial charge in [0.2, 0.25) is 0 Å². The van der Waals surface area contributed by atoms with Crippen molar-refractivity contribution in [1.82, 2.24) is 0 Å². The standard InChI is InChI=1S/C14H12Br2N2O3/c15-12-6-11(18(19)20)3-2-10(12)8-21-14-4-1-9(7-17)5-13(14)16/h1-6H,7-8,17H2. The van der Waals surface area contributed by atoms with Crippen LogP contribution in [0.1, 0.15) is 11.1 Å². The van der Waals surface area contributed by atoms with Crippen LogP contribution >= 0.6 is 31.9 Å². The SMILES string of the molecule is NCc1ccc(OCc2ccc([N+](=O)[O-])cc2Br)c(Br)c1. The second-order valence-corrected chi connectivity index (χ2v) is 6.00. The summed E-state index contributed by atoms with van der Waals surface area (Å²) < 4.78 is 7.18. The molecule has 2 N–H and O–H groups in total. The molecule has 110 valence electrons. The Kier molecular flexibility index (Phi) is 5.33. The van der Waals surface area contributed by atoms with Gasteiger partial charge >= 0.3 is 0 Å². The monoisotopic (exact) mass is 414 g/mol. The molecule has 0 aliphatic rings. The zero-order valence-corrected chi connectivity index (χ0v) is 14.1. The molecule has 0 saturated heterocycles. The maximum absolute atomic E-state index is 10.7. The average Bonchev–Trinajstić information content (AvgIpc) is 2.46. The number of nitrogens with zero attached hydrogens (tertiary/aromatic N) is 1. The van der Waals surface area contributed by atoms with E-state index in [4.69, 9.17) is 10.5 Å². The molecule has 0 atom stereocenters. The normalized spacial score (nSPS) is 10.4. The zero-order chi connectivity index (χ0) is 15.4. The van der Waals surface area contributed by atoms with Crippen LogP contribution in [0.4, 0.5) is 5.69 Å². The highest BCUT2D eigenvalue weighted by atomic mass is 79.9. The van der Waals surface area contributed by atoms with E-state index in [-0.39, 0.29) is 5.69 Å². The molecule has 2 aromatic rings. The van der Waals surface area contributed by atoms with Crippen LogP contribution in [0.5, 0.6) is 5.75 Å². The Balaban J connectivity index is 2.11. The Morgan fingerprint density at radius 2 is 1.90 bits per heavy atom. The fourth-order valence-electron chi connectivity index (χ4n) is 1.71. The molecule has 5 nitrogen and oxygen atoms in total. The quantitative estimate of drug-likeness (QED) is 0.587. The van der Waals surface area contributed by atoms with Crippen molar-refractivity contribution in [2.75, 3.05) is 0 Å². The molecule has 0 aliphatic heterocycles. The Bertz CT molecular complexity index is 677. The molecule has 21 heavy (non-hydrogen) atoms. The summed E-state index contributed by atoms with van der Waals surface area (Å²) in [4.78, 5) is 10.3. The number of halogens is 2. The summed E-state index contributed by atoms with van der Waals surface area (Å²) in [6.07, 6.45) is 0. The van der Waals surface area contributed by atoms with Gasteiger partial charge in [-0.05, 0) is 39.7 Å². The van der Waals surface area contributed by atoms with Gasteiger partial charge in [0.15, 0.2) is 0 Å². The number of nitrogens with two attached hydrogens (primary N) is 1. The maximum Gasteiger partial charge on any atom is 0.270 e. The highest BCUT2D eigenvalue weighted by Crippen LogP contribution is 2.28. The van der Waals surface area contributed by atoms with E-state index in [2.05, 4.69) is 31.9 Å². The largest absolute Gasteiger partial charge is 0.488 e. The van der Waals surface area contributed by atoms with Crippen molar-refractivity contribution in [3.05, 3.63) is 66.6 Å². The van der Waals surface area contributed by atoms with E-state index in [1.54, 1.807) is 6.07 Å². The van der Waals surface area contributed by atoms with E-state index < -0.39 is 4.92 Å². The van der Waals surface area contributed by atoms with Crippen molar-refractivity contribution in [3.8, 4) is 5.75 Å². The highest BCUT2D eigenvalue weighted by Gasteiger charge is 2.10. The first-order valence-electron chi connectivity index (χ1n) is 6.05. The molecule has 0 unspecified atom stereocenters. The average molecular weight is 416 g/mol. The van der Waals surface area contributed by atoms with E-state index in [1.807, 2.05) is 18.2 Å². The van der Waals surface area contributed by atoms with Gasteiger partial charge in [0, 0.05) is 28.7 Å². The number of rotatable bonds is 5. The van der Waals surface area contributed by atoms with Crippen LogP contribution in [-0.4, -0.2) is 4.92 Å². The van der Waals surface area contributed by atoms with Gasteiger partial charge in [0.25, 0.3) is 5.69 Å². The molecule has 0 spiro atoms. The number of hydrogen-bond acceptors (Lipinski definition) is 4. The smallest absolute Gasteiger partial charge is 0.270 e. The third-order valence-electron chi connectivity index (χ3n) is 2.86. The summed E-state index contributed by atoms with van der Waals surface area (Å²) in [6.45, 7) is 0.770. The fourth-order valence-corrected chi connectivity index (χ4v) is 2.73. The minimum atomic E-state index is -0.433. The predicted octanol–water partition coefficient (Wildman–Crippen LogP) is 4.16. The van der Waals surface area contributed by atoms with Gasteiger partial charge in [-0.15, -0.1) is 0 Å². The first-order chi connectivity index (χ1) is 10.0. The van der Waals surface area contributed by atoms with Crippen molar-refractivity contribution >= 4 is 37.5 Å². The lowest BCUT2D eigenvalue weighted by molar-refractivity contribution is -0.384. The Labute approximate surface area is 138 Å². The molecular weight excluding hydrogens is 404 g/mol. The van der Waals surface area contributed by atoms with Crippen LogP contribution in [0, 0.1) is 10.1 Å². The minimum Gasteiger partial charge on any atom is -0.488 e. The third kappa shape index (κ3) is 4.03. The molecule has 2 aromatic carbocycles. The van der Waals surface area contributed by atoms with Crippen molar-refractivity contribution in [1.29, 1.82) is 0 Å². The van der Waals surface area contributed by atoms with Crippen LogP contribution in [0.2, 0.25) is 0 Å². The Morgan fingerprint density at radius 3 is 2.48 bits per heavy atom.